The first-order valence-corrected chi connectivity index (χ1v) is 11.8. The molecule has 0 aliphatic rings. The van der Waals surface area contributed by atoms with Gasteiger partial charge in [-0.05, 0) is 29.5 Å². The zero-order valence-corrected chi connectivity index (χ0v) is 18.0. The summed E-state index contributed by atoms with van der Waals surface area (Å²) in [5.41, 5.74) is 0. The monoisotopic (exact) mass is 602 g/mol. The number of nitrogens with zero attached hydrogens (tertiary/aromatic N) is 2. The number of hydrogen-bond donors (Lipinski definition) is 1. The van der Waals surface area contributed by atoms with Crippen molar-refractivity contribution in [1.82, 2.24) is 4.98 Å². The van der Waals surface area contributed by atoms with Gasteiger partial charge < -0.3 is 8.92 Å². The van der Waals surface area contributed by atoms with Crippen molar-refractivity contribution in [3.05, 3.63) is 22.1 Å². The number of pyridine rings is 1. The van der Waals surface area contributed by atoms with Gasteiger partial charge in [0.15, 0.2) is 18.0 Å². The average Bonchev–Trinajstić information content (AvgIpc) is 2.46. The van der Waals surface area contributed by atoms with Gasteiger partial charge >= 0.3 is 10.1 Å². The summed E-state index contributed by atoms with van der Waals surface area (Å²) in [7, 11) is -8.75. The first kappa shape index (κ1) is 21.5. The van der Waals surface area contributed by atoms with Crippen LogP contribution in [0.3, 0.4) is 0 Å². The van der Waals surface area contributed by atoms with Crippen LogP contribution in [0, 0.1) is 0 Å². The maximum Gasteiger partial charge on any atom is 0.310 e. The molecule has 13 heteroatoms. The summed E-state index contributed by atoms with van der Waals surface area (Å²) in [5.74, 6) is -0.513. The average molecular weight is 602 g/mol. The second-order valence-electron chi connectivity index (χ2n) is 4.07. The Hall–Kier alpha value is -0.520. The van der Waals surface area contributed by atoms with Crippen LogP contribution in [0.1, 0.15) is 6.92 Å². The van der Waals surface area contributed by atoms with E-state index in [2.05, 4.69) is 14.2 Å². The highest BCUT2D eigenvalue weighted by molar-refractivity contribution is 14.1. The Morgan fingerprint density at radius 2 is 2.08 bits per heavy atom. The SMILES string of the molecule is C/C(=C\I)OC=Nc1cc(S(=O)(=O)O)c(OS(=O)(=O)CCI)cn1. The van der Waals surface area contributed by atoms with Gasteiger partial charge in [-0.1, -0.05) is 22.6 Å². The molecule has 0 atom stereocenters. The number of allylic oxidation sites excluding steroid dienone is 1. The minimum atomic E-state index is -4.75. The van der Waals surface area contributed by atoms with Crippen molar-refractivity contribution < 1.29 is 30.3 Å². The van der Waals surface area contributed by atoms with Gasteiger partial charge in [-0.3, -0.25) is 4.55 Å². The molecule has 0 unspecified atom stereocenters. The van der Waals surface area contributed by atoms with E-state index in [9.17, 15) is 21.4 Å². The van der Waals surface area contributed by atoms with E-state index in [-0.39, 0.29) is 16.0 Å². The molecule has 1 heterocycles. The first-order valence-electron chi connectivity index (χ1n) is 6.01. The van der Waals surface area contributed by atoms with Gasteiger partial charge in [-0.15, -0.1) is 0 Å². The van der Waals surface area contributed by atoms with E-state index < -0.39 is 30.9 Å². The minimum Gasteiger partial charge on any atom is -0.450 e. The Bertz CT molecular complexity index is 851. The van der Waals surface area contributed by atoms with E-state index in [4.69, 9.17) is 4.74 Å². The minimum absolute atomic E-state index is 0.123. The predicted molar refractivity (Wildman–Crippen MR) is 104 cm³/mol. The zero-order valence-electron chi connectivity index (χ0n) is 12.1. The maximum atomic E-state index is 11.7. The Balaban J connectivity index is 3.20. The summed E-state index contributed by atoms with van der Waals surface area (Å²) in [5, 5.41) is 0. The maximum absolute atomic E-state index is 11.7. The second-order valence-corrected chi connectivity index (χ2v) is 8.85. The molecular formula is C11H12I2N2O7S2. The summed E-state index contributed by atoms with van der Waals surface area (Å²) in [4.78, 5) is 6.75. The molecule has 24 heavy (non-hydrogen) atoms. The molecular weight excluding hydrogens is 590 g/mol. The lowest BCUT2D eigenvalue weighted by Crippen LogP contribution is -2.16. The molecule has 1 rings (SSSR count). The van der Waals surface area contributed by atoms with E-state index in [1.807, 2.05) is 45.2 Å². The van der Waals surface area contributed by atoms with Gasteiger partial charge in [0, 0.05) is 14.6 Å². The molecule has 0 spiro atoms. The Labute approximate surface area is 166 Å². The molecule has 0 fully saturated rings. The number of hydrogen-bond acceptors (Lipinski definition) is 8. The molecule has 134 valence electrons. The Kier molecular flexibility index (Phi) is 8.30. The Morgan fingerprint density at radius 3 is 2.62 bits per heavy atom. The molecule has 0 aliphatic heterocycles. The van der Waals surface area contributed by atoms with Crippen LogP contribution in [0.4, 0.5) is 5.82 Å². The topological polar surface area (TPSA) is 132 Å². The number of halogens is 2. The first-order chi connectivity index (χ1) is 11.1. The van der Waals surface area contributed by atoms with Gasteiger partial charge in [0.1, 0.15) is 10.7 Å². The molecule has 0 saturated heterocycles. The molecule has 0 aromatic carbocycles. The number of aromatic nitrogens is 1. The van der Waals surface area contributed by atoms with E-state index in [0.29, 0.717) is 5.76 Å². The number of ether oxygens (including phenoxy) is 1. The highest BCUT2D eigenvalue weighted by Gasteiger charge is 2.23. The zero-order chi connectivity index (χ0) is 18.4. The van der Waals surface area contributed by atoms with Crippen molar-refractivity contribution in [2.24, 2.45) is 4.99 Å². The smallest absolute Gasteiger partial charge is 0.310 e. The number of aliphatic imine (C=N–C) groups is 1. The number of alkyl halides is 1. The van der Waals surface area contributed by atoms with Crippen molar-refractivity contribution in [2.75, 3.05) is 10.2 Å². The summed E-state index contributed by atoms with van der Waals surface area (Å²) in [6.45, 7) is 1.67. The summed E-state index contributed by atoms with van der Waals surface area (Å²) < 4.78 is 67.1. The normalized spacial score (nSPS) is 13.2. The van der Waals surface area contributed by atoms with Crippen LogP contribution in [0.5, 0.6) is 5.75 Å². The highest BCUT2D eigenvalue weighted by atomic mass is 127. The van der Waals surface area contributed by atoms with Gasteiger partial charge in [-0.25, -0.2) is 9.98 Å². The molecule has 1 N–H and O–H groups in total. The molecule has 0 amide bonds. The van der Waals surface area contributed by atoms with Crippen LogP contribution in [0.15, 0.2) is 32.0 Å². The van der Waals surface area contributed by atoms with Crippen molar-refractivity contribution in [2.45, 2.75) is 11.8 Å². The molecule has 0 saturated carbocycles. The highest BCUT2D eigenvalue weighted by Crippen LogP contribution is 2.27. The fraction of sp³-hybridized carbons (Fsp3) is 0.273. The molecule has 9 nitrogen and oxygen atoms in total. The quantitative estimate of drug-likeness (QED) is 0.0914. The van der Waals surface area contributed by atoms with Gasteiger partial charge in [0.05, 0.1) is 11.9 Å². The van der Waals surface area contributed by atoms with Crippen LogP contribution < -0.4 is 4.18 Å². The third kappa shape index (κ3) is 7.16. The predicted octanol–water partition coefficient (Wildman–Crippen LogP) is 2.44. The Morgan fingerprint density at radius 1 is 1.42 bits per heavy atom. The fourth-order valence-electron chi connectivity index (χ4n) is 1.21. The molecule has 0 radical (unpaired) electrons. The lowest BCUT2D eigenvalue weighted by Gasteiger charge is -2.09. The van der Waals surface area contributed by atoms with Crippen LogP contribution in [0.25, 0.3) is 0 Å². The molecule has 0 bridgehead atoms. The van der Waals surface area contributed by atoms with Crippen LogP contribution >= 0.6 is 45.2 Å². The standard InChI is InChI=1S/C11H12I2N2O7S2/c1-8(5-13)21-7-15-11-4-10(24(18,19)20)9(6-14-11)22-23(16,17)3-2-12/h4-7H,2-3H2,1H3,(H,18,19,20)/b8-5+,15-7?. The van der Waals surface area contributed by atoms with Gasteiger partial charge in [0.25, 0.3) is 10.1 Å². The lowest BCUT2D eigenvalue weighted by molar-refractivity contribution is 0.438. The summed E-state index contributed by atoms with van der Waals surface area (Å²) in [6, 6.07) is 0.868. The summed E-state index contributed by atoms with van der Waals surface area (Å²) in [6.07, 6.45) is 1.87. The van der Waals surface area contributed by atoms with E-state index >= 15 is 0 Å². The number of rotatable bonds is 8. The molecule has 1 aromatic heterocycles. The second kappa shape index (κ2) is 9.25. The van der Waals surface area contributed by atoms with E-state index in [1.54, 1.807) is 11.0 Å². The van der Waals surface area contributed by atoms with Crippen LogP contribution in [-0.2, 0) is 25.0 Å². The summed E-state index contributed by atoms with van der Waals surface area (Å²) >= 11 is 3.78. The molecule has 1 aromatic rings. The van der Waals surface area contributed by atoms with Gasteiger partial charge in [0.2, 0.25) is 0 Å². The third-order valence-electron chi connectivity index (χ3n) is 2.22. The van der Waals surface area contributed by atoms with Gasteiger partial charge in [-0.2, -0.15) is 16.8 Å². The van der Waals surface area contributed by atoms with Crippen molar-refractivity contribution in [1.29, 1.82) is 0 Å². The van der Waals surface area contributed by atoms with Crippen molar-refractivity contribution in [3.8, 4) is 5.75 Å². The van der Waals surface area contributed by atoms with E-state index in [1.165, 1.54) is 0 Å². The van der Waals surface area contributed by atoms with Crippen molar-refractivity contribution in [3.63, 3.8) is 0 Å². The fourth-order valence-corrected chi connectivity index (χ4v) is 4.31. The van der Waals surface area contributed by atoms with E-state index in [0.717, 1.165) is 18.7 Å². The van der Waals surface area contributed by atoms with Crippen molar-refractivity contribution >= 4 is 77.6 Å². The third-order valence-corrected chi connectivity index (χ3v) is 6.38. The van der Waals surface area contributed by atoms with Crippen LogP contribution in [-0.4, -0.2) is 43.0 Å². The van der Waals surface area contributed by atoms with Crippen LogP contribution in [0.2, 0.25) is 0 Å². The lowest BCUT2D eigenvalue weighted by atomic mass is 10.4. The molecule has 0 aliphatic carbocycles. The largest absolute Gasteiger partial charge is 0.450 e.